The first-order chi connectivity index (χ1) is 13.8. The van der Waals surface area contributed by atoms with Crippen LogP contribution in [0.2, 0.25) is 0 Å². The average Bonchev–Trinajstić information content (AvgIpc) is 2.89. The molecule has 5 aliphatic rings. The van der Waals surface area contributed by atoms with Crippen molar-refractivity contribution in [1.82, 2.24) is 4.90 Å². The molecule has 7 heteroatoms. The van der Waals surface area contributed by atoms with Crippen LogP contribution in [0.5, 0.6) is 0 Å². The minimum Gasteiger partial charge on any atom is -0.297 e. The third-order valence-electron chi connectivity index (χ3n) is 7.68. The van der Waals surface area contributed by atoms with Crippen LogP contribution in [-0.4, -0.2) is 33.5 Å². The van der Waals surface area contributed by atoms with E-state index in [4.69, 9.17) is 0 Å². The minimum absolute atomic E-state index is 0.0126. The molecule has 1 aliphatic heterocycles. The zero-order valence-electron chi connectivity index (χ0n) is 16.4. The summed E-state index contributed by atoms with van der Waals surface area (Å²) in [5, 5.41) is 11.0. The van der Waals surface area contributed by atoms with Crippen LogP contribution in [0, 0.1) is 33.3 Å². The van der Waals surface area contributed by atoms with Gasteiger partial charge in [-0.05, 0) is 74.7 Å². The number of fused-ring (bicyclic) bond motifs is 1. The summed E-state index contributed by atoms with van der Waals surface area (Å²) in [4.78, 5) is 50.2. The highest BCUT2D eigenvalue weighted by Crippen LogP contribution is 2.61. The number of nitrogens with zero attached hydrogens (tertiary/aromatic N) is 2. The van der Waals surface area contributed by atoms with E-state index >= 15 is 0 Å². The maximum Gasteiger partial charge on any atom is 0.270 e. The third kappa shape index (κ3) is 2.81. The Bertz CT molecular complexity index is 917. The Balaban J connectivity index is 1.36. The Morgan fingerprint density at radius 1 is 1.10 bits per heavy atom. The normalized spacial score (nSPS) is 33.1. The molecule has 4 saturated carbocycles. The number of ketones is 1. The second-order valence-corrected chi connectivity index (χ2v) is 9.70. The van der Waals surface area contributed by atoms with Crippen molar-refractivity contribution in [2.75, 3.05) is 0 Å². The first-order valence-corrected chi connectivity index (χ1v) is 10.5. The van der Waals surface area contributed by atoms with Gasteiger partial charge < -0.3 is 0 Å². The van der Waals surface area contributed by atoms with Crippen molar-refractivity contribution >= 4 is 23.3 Å². The summed E-state index contributed by atoms with van der Waals surface area (Å²) in [7, 11) is 0. The van der Waals surface area contributed by atoms with Gasteiger partial charge in [-0.2, -0.15) is 0 Å². The molecule has 4 fully saturated rings. The summed E-state index contributed by atoms with van der Waals surface area (Å²) in [5.74, 6) is 0.958. The molecule has 0 saturated heterocycles. The Kier molecular flexibility index (Phi) is 3.95. The minimum atomic E-state index is -0.852. The molecule has 4 bridgehead atoms. The molecule has 1 atom stereocenters. The monoisotopic (exact) mass is 396 g/mol. The molecule has 0 N–H and O–H groups in total. The number of rotatable bonds is 5. The van der Waals surface area contributed by atoms with Crippen molar-refractivity contribution in [3.05, 3.63) is 39.4 Å². The molecule has 29 heavy (non-hydrogen) atoms. The highest BCUT2D eigenvalue weighted by atomic mass is 16.6. The van der Waals surface area contributed by atoms with Crippen LogP contribution in [0.3, 0.4) is 0 Å². The fraction of sp³-hybridized carbons (Fsp3) is 0.591. The van der Waals surface area contributed by atoms with E-state index in [-0.39, 0.29) is 28.0 Å². The fourth-order valence-electron chi connectivity index (χ4n) is 6.88. The number of carbonyl (C=O) groups is 3. The van der Waals surface area contributed by atoms with E-state index in [0.29, 0.717) is 6.42 Å². The van der Waals surface area contributed by atoms with E-state index in [1.165, 1.54) is 31.4 Å². The molecule has 0 radical (unpaired) electrons. The predicted molar refractivity (Wildman–Crippen MR) is 103 cm³/mol. The summed E-state index contributed by atoms with van der Waals surface area (Å²) >= 11 is 0. The first-order valence-electron chi connectivity index (χ1n) is 10.5. The van der Waals surface area contributed by atoms with E-state index in [1.54, 1.807) is 6.92 Å². The zero-order valence-corrected chi connectivity index (χ0v) is 16.4. The van der Waals surface area contributed by atoms with E-state index in [9.17, 15) is 24.5 Å². The maximum atomic E-state index is 13.2. The molecule has 1 unspecified atom stereocenters. The summed E-state index contributed by atoms with van der Waals surface area (Å²) < 4.78 is 0. The Morgan fingerprint density at radius 3 is 2.21 bits per heavy atom. The highest BCUT2D eigenvalue weighted by Gasteiger charge is 2.52. The lowest BCUT2D eigenvalue weighted by molar-refractivity contribution is -0.384. The van der Waals surface area contributed by atoms with E-state index in [2.05, 4.69) is 0 Å². The summed E-state index contributed by atoms with van der Waals surface area (Å²) in [6.07, 6.45) is 7.56. The van der Waals surface area contributed by atoms with Gasteiger partial charge in [0.25, 0.3) is 17.5 Å². The number of hydrogen-bond donors (Lipinski definition) is 0. The number of nitro benzene ring substituents is 1. The average molecular weight is 396 g/mol. The molecule has 1 heterocycles. The number of Topliss-reactive ketones (excluding diaryl/α,β-unsaturated/α-hetero) is 1. The van der Waals surface area contributed by atoms with Gasteiger partial charge in [0.15, 0.2) is 5.78 Å². The zero-order chi connectivity index (χ0) is 20.5. The van der Waals surface area contributed by atoms with Crippen LogP contribution in [-0.2, 0) is 4.79 Å². The molecule has 4 aliphatic carbocycles. The lowest BCUT2D eigenvalue weighted by Gasteiger charge is -2.57. The standard InChI is InChI=1S/C22H24N2O5/c1-12(19(25)11-22-8-13-4-14(9-22)6-15(5-13)10-22)23-20(26)17-3-2-16(24(28)29)7-18(17)21(23)27/h2-3,7,12-15H,4-6,8-11H2,1H3. The lowest BCUT2D eigenvalue weighted by atomic mass is 9.48. The first kappa shape index (κ1) is 18.5. The van der Waals surface area contributed by atoms with Gasteiger partial charge in [-0.25, -0.2) is 0 Å². The van der Waals surface area contributed by atoms with E-state index in [1.807, 2.05) is 0 Å². The molecule has 2 amide bonds. The topological polar surface area (TPSA) is 97.6 Å². The van der Waals surface area contributed by atoms with Crippen LogP contribution >= 0.6 is 0 Å². The van der Waals surface area contributed by atoms with Gasteiger partial charge in [0.2, 0.25) is 0 Å². The van der Waals surface area contributed by atoms with Crippen molar-refractivity contribution in [1.29, 1.82) is 0 Å². The Labute approximate surface area is 168 Å². The Morgan fingerprint density at radius 2 is 1.66 bits per heavy atom. The summed E-state index contributed by atoms with van der Waals surface area (Å²) in [6.45, 7) is 1.61. The molecule has 7 nitrogen and oxygen atoms in total. The van der Waals surface area contributed by atoms with Gasteiger partial charge in [0, 0.05) is 18.6 Å². The van der Waals surface area contributed by atoms with Gasteiger partial charge >= 0.3 is 0 Å². The van der Waals surface area contributed by atoms with Crippen molar-refractivity contribution in [3.63, 3.8) is 0 Å². The van der Waals surface area contributed by atoms with Crippen molar-refractivity contribution in [2.24, 2.45) is 23.2 Å². The highest BCUT2D eigenvalue weighted by molar-refractivity contribution is 6.23. The number of nitro groups is 1. The number of amides is 2. The molecule has 0 spiro atoms. The number of imide groups is 1. The van der Waals surface area contributed by atoms with Crippen molar-refractivity contribution in [3.8, 4) is 0 Å². The number of non-ortho nitro benzene ring substituents is 1. The van der Waals surface area contributed by atoms with Crippen molar-refractivity contribution in [2.45, 2.75) is 57.9 Å². The molecule has 1 aromatic rings. The smallest absolute Gasteiger partial charge is 0.270 e. The van der Waals surface area contributed by atoms with Gasteiger partial charge in [-0.3, -0.25) is 29.4 Å². The quantitative estimate of drug-likeness (QED) is 0.429. The van der Waals surface area contributed by atoms with Crippen LogP contribution in [0.15, 0.2) is 18.2 Å². The van der Waals surface area contributed by atoms with E-state index in [0.717, 1.165) is 48.0 Å². The van der Waals surface area contributed by atoms with Crippen molar-refractivity contribution < 1.29 is 19.3 Å². The summed E-state index contributed by atoms with van der Waals surface area (Å²) in [6, 6.07) is 2.81. The molecular weight excluding hydrogens is 372 g/mol. The molecule has 152 valence electrons. The lowest BCUT2D eigenvalue weighted by Crippen LogP contribution is -2.49. The molecule has 6 rings (SSSR count). The van der Waals surface area contributed by atoms with Gasteiger partial charge in [-0.1, -0.05) is 0 Å². The number of hydrogen-bond acceptors (Lipinski definition) is 5. The van der Waals surface area contributed by atoms with Crippen LogP contribution in [0.4, 0.5) is 5.69 Å². The maximum absolute atomic E-state index is 13.2. The van der Waals surface area contributed by atoms with E-state index < -0.39 is 22.8 Å². The second-order valence-electron chi connectivity index (χ2n) is 9.70. The third-order valence-corrected chi connectivity index (χ3v) is 7.68. The number of carbonyl (C=O) groups excluding carboxylic acids is 3. The van der Waals surface area contributed by atoms with Gasteiger partial charge in [0.05, 0.1) is 22.1 Å². The summed E-state index contributed by atoms with van der Waals surface area (Å²) in [5.41, 5.74) is -0.0506. The SMILES string of the molecule is CC(C(=O)CC12CC3CC(CC(C3)C1)C2)N1C(=O)c2ccc([N+](=O)[O-])cc2C1=O. The molecular formula is C22H24N2O5. The van der Waals surface area contributed by atoms with Crippen LogP contribution < -0.4 is 0 Å². The largest absolute Gasteiger partial charge is 0.297 e. The van der Waals surface area contributed by atoms with Gasteiger partial charge in [-0.15, -0.1) is 0 Å². The van der Waals surface area contributed by atoms with Crippen LogP contribution in [0.25, 0.3) is 0 Å². The predicted octanol–water partition coefficient (Wildman–Crippen LogP) is 3.75. The van der Waals surface area contributed by atoms with Crippen LogP contribution in [0.1, 0.15) is 72.6 Å². The molecule has 0 aromatic heterocycles. The Hall–Kier alpha value is -2.57. The molecule has 1 aromatic carbocycles. The van der Waals surface area contributed by atoms with Gasteiger partial charge in [0.1, 0.15) is 0 Å². The number of benzene rings is 1. The fourth-order valence-corrected chi connectivity index (χ4v) is 6.88. The second kappa shape index (κ2) is 6.21.